The molecule has 0 aromatic carbocycles. The third-order valence-electron chi connectivity index (χ3n) is 2.77. The molecule has 9 heteroatoms. The van der Waals surface area contributed by atoms with Crippen molar-refractivity contribution in [3.63, 3.8) is 0 Å². The monoisotopic (exact) mass is 290 g/mol. The van der Waals surface area contributed by atoms with Crippen LogP contribution in [0.25, 0.3) is 0 Å². The van der Waals surface area contributed by atoms with Crippen molar-refractivity contribution in [3.8, 4) is 0 Å². The van der Waals surface area contributed by atoms with Gasteiger partial charge in [0.15, 0.2) is 0 Å². The third-order valence-corrected chi connectivity index (χ3v) is 4.67. The minimum atomic E-state index is -3.36. The predicted octanol–water partition coefficient (Wildman–Crippen LogP) is 0.291. The molecule has 100 valence electrons. The number of nitrogens with one attached hydrogen (secondary N) is 1. The molecule has 1 aromatic rings. The Labute approximate surface area is 109 Å². The number of hydrogen-bond donors (Lipinski definition) is 1. The molecule has 0 unspecified atom stereocenters. The zero-order valence-electron chi connectivity index (χ0n) is 9.87. The highest BCUT2D eigenvalue weighted by Crippen LogP contribution is 2.21. The van der Waals surface area contributed by atoms with Crippen LogP contribution < -0.4 is 5.32 Å². The van der Waals surface area contributed by atoms with E-state index in [1.165, 1.54) is 21.2 Å². The number of carbonyl (C=O) groups is 1. The first-order chi connectivity index (χ1) is 8.48. The molecule has 2 heterocycles. The smallest absolute Gasteiger partial charge is 0.244 e. The summed E-state index contributed by atoms with van der Waals surface area (Å²) in [5.41, 5.74) is 1.50. The highest BCUT2D eigenvalue weighted by atomic mass is 32.2. The average molecular weight is 290 g/mol. The number of rotatable bonds is 3. The molecule has 0 bridgehead atoms. The van der Waals surface area contributed by atoms with Crippen LogP contribution in [0.15, 0.2) is 5.51 Å². The van der Waals surface area contributed by atoms with E-state index in [1.54, 1.807) is 0 Å². The van der Waals surface area contributed by atoms with Gasteiger partial charge in [0.1, 0.15) is 11.6 Å². The molecular weight excluding hydrogens is 276 g/mol. The van der Waals surface area contributed by atoms with Crippen molar-refractivity contribution in [2.75, 3.05) is 18.1 Å². The Morgan fingerprint density at radius 1 is 1.56 bits per heavy atom. The highest BCUT2D eigenvalue weighted by molar-refractivity contribution is 7.88. The predicted molar refractivity (Wildman–Crippen MR) is 67.7 cm³/mol. The summed E-state index contributed by atoms with van der Waals surface area (Å²) in [6, 6.07) is -0.641. The molecule has 1 N–H and O–H groups in total. The lowest BCUT2D eigenvalue weighted by molar-refractivity contribution is -0.120. The van der Waals surface area contributed by atoms with Gasteiger partial charge in [-0.25, -0.2) is 8.42 Å². The van der Waals surface area contributed by atoms with E-state index in [0.29, 0.717) is 18.1 Å². The van der Waals surface area contributed by atoms with Gasteiger partial charge in [-0.3, -0.25) is 10.1 Å². The lowest BCUT2D eigenvalue weighted by Crippen LogP contribution is -2.49. The van der Waals surface area contributed by atoms with Crippen molar-refractivity contribution in [1.82, 2.24) is 14.5 Å². The van der Waals surface area contributed by atoms with Crippen molar-refractivity contribution in [3.05, 3.63) is 5.51 Å². The maximum atomic E-state index is 12.0. The van der Waals surface area contributed by atoms with Gasteiger partial charge in [0, 0.05) is 6.54 Å². The van der Waals surface area contributed by atoms with E-state index in [-0.39, 0.29) is 5.91 Å². The number of amides is 1. The topological polar surface area (TPSA) is 92.3 Å². The molecule has 1 aromatic heterocycles. The van der Waals surface area contributed by atoms with E-state index in [2.05, 4.69) is 15.5 Å². The van der Waals surface area contributed by atoms with Gasteiger partial charge in [-0.1, -0.05) is 17.8 Å². The Kier molecular flexibility index (Phi) is 3.93. The lowest BCUT2D eigenvalue weighted by Gasteiger charge is -2.32. The maximum Gasteiger partial charge on any atom is 0.244 e. The van der Waals surface area contributed by atoms with E-state index in [1.807, 2.05) is 0 Å². The fraction of sp³-hybridized carbons (Fsp3) is 0.667. The van der Waals surface area contributed by atoms with Crippen molar-refractivity contribution in [1.29, 1.82) is 0 Å². The second-order valence-corrected chi connectivity index (χ2v) is 6.89. The van der Waals surface area contributed by atoms with Crippen LogP contribution in [0.1, 0.15) is 19.3 Å². The zero-order chi connectivity index (χ0) is 13.2. The van der Waals surface area contributed by atoms with Crippen molar-refractivity contribution < 1.29 is 13.2 Å². The minimum absolute atomic E-state index is 0.336. The van der Waals surface area contributed by atoms with Gasteiger partial charge < -0.3 is 0 Å². The zero-order valence-corrected chi connectivity index (χ0v) is 11.5. The van der Waals surface area contributed by atoms with Crippen LogP contribution in [0.2, 0.25) is 0 Å². The summed E-state index contributed by atoms with van der Waals surface area (Å²) in [5.74, 6) is -0.336. The first-order valence-corrected chi connectivity index (χ1v) is 8.25. The maximum absolute atomic E-state index is 12.0. The van der Waals surface area contributed by atoms with Gasteiger partial charge in [-0.2, -0.15) is 4.31 Å². The van der Waals surface area contributed by atoms with Crippen LogP contribution >= 0.6 is 11.3 Å². The van der Waals surface area contributed by atoms with Crippen molar-refractivity contribution >= 4 is 32.4 Å². The van der Waals surface area contributed by atoms with Crippen molar-refractivity contribution in [2.24, 2.45) is 0 Å². The minimum Gasteiger partial charge on any atom is -0.299 e. The second-order valence-electron chi connectivity index (χ2n) is 4.12. The van der Waals surface area contributed by atoms with Gasteiger partial charge in [0.25, 0.3) is 0 Å². The second kappa shape index (κ2) is 5.29. The Balaban J connectivity index is 2.11. The third kappa shape index (κ3) is 3.03. The SMILES string of the molecule is CS(=O)(=O)N1CCCC[C@H]1C(=O)Nc1nncs1. The summed E-state index contributed by atoms with van der Waals surface area (Å²) in [4.78, 5) is 12.0. The standard InChI is InChI=1S/C9H14N4O3S2/c1-18(15,16)13-5-3-2-4-7(13)8(14)11-9-12-10-6-17-9/h6-7H,2-5H2,1H3,(H,11,12,14)/t7-/m0/s1. The Bertz CT molecular complexity index is 514. The molecule has 18 heavy (non-hydrogen) atoms. The van der Waals surface area contributed by atoms with E-state index in [9.17, 15) is 13.2 Å². The van der Waals surface area contributed by atoms with E-state index in [0.717, 1.165) is 19.1 Å². The van der Waals surface area contributed by atoms with Crippen LogP contribution in [0.3, 0.4) is 0 Å². The first kappa shape index (κ1) is 13.4. The molecule has 1 aliphatic rings. The fourth-order valence-electron chi connectivity index (χ4n) is 1.98. The van der Waals surface area contributed by atoms with Crippen LogP contribution in [0.4, 0.5) is 5.13 Å². The molecule has 0 spiro atoms. The number of anilines is 1. The van der Waals surface area contributed by atoms with E-state index in [4.69, 9.17) is 0 Å². The largest absolute Gasteiger partial charge is 0.299 e. The lowest BCUT2D eigenvalue weighted by atomic mass is 10.0. The summed E-state index contributed by atoms with van der Waals surface area (Å²) >= 11 is 1.20. The Hall–Kier alpha value is -1.06. The van der Waals surface area contributed by atoms with E-state index >= 15 is 0 Å². The first-order valence-electron chi connectivity index (χ1n) is 5.52. The number of aromatic nitrogens is 2. The number of nitrogens with zero attached hydrogens (tertiary/aromatic N) is 3. The molecule has 1 aliphatic heterocycles. The number of carbonyl (C=O) groups excluding carboxylic acids is 1. The molecule has 1 atom stereocenters. The van der Waals surface area contributed by atoms with Crippen LogP contribution in [0, 0.1) is 0 Å². The summed E-state index contributed by atoms with van der Waals surface area (Å²) in [7, 11) is -3.36. The molecule has 1 amide bonds. The molecule has 2 rings (SSSR count). The number of hydrogen-bond acceptors (Lipinski definition) is 6. The number of piperidine rings is 1. The van der Waals surface area contributed by atoms with Crippen LogP contribution in [-0.2, 0) is 14.8 Å². The Morgan fingerprint density at radius 3 is 2.94 bits per heavy atom. The van der Waals surface area contributed by atoms with Gasteiger partial charge in [0.05, 0.1) is 6.26 Å². The molecule has 7 nitrogen and oxygen atoms in total. The average Bonchev–Trinajstić information content (AvgIpc) is 2.80. The molecule has 1 saturated heterocycles. The molecule has 0 saturated carbocycles. The molecular formula is C9H14N4O3S2. The van der Waals surface area contributed by atoms with Gasteiger partial charge >= 0.3 is 0 Å². The van der Waals surface area contributed by atoms with Gasteiger partial charge in [-0.05, 0) is 12.8 Å². The van der Waals surface area contributed by atoms with Gasteiger partial charge in [-0.15, -0.1) is 10.2 Å². The normalized spacial score (nSPS) is 21.7. The number of sulfonamides is 1. The summed E-state index contributed by atoms with van der Waals surface area (Å²) in [5, 5.41) is 10.3. The quantitative estimate of drug-likeness (QED) is 0.864. The molecule has 0 radical (unpaired) electrons. The van der Waals surface area contributed by atoms with Crippen LogP contribution in [0.5, 0.6) is 0 Å². The van der Waals surface area contributed by atoms with Crippen LogP contribution in [-0.4, -0.2) is 47.7 Å². The van der Waals surface area contributed by atoms with E-state index < -0.39 is 16.1 Å². The Morgan fingerprint density at radius 2 is 2.33 bits per heavy atom. The van der Waals surface area contributed by atoms with Crippen molar-refractivity contribution in [2.45, 2.75) is 25.3 Å². The fourth-order valence-corrected chi connectivity index (χ4v) is 3.55. The summed E-state index contributed by atoms with van der Waals surface area (Å²) in [6.45, 7) is 0.396. The molecule has 1 fully saturated rings. The molecule has 0 aliphatic carbocycles. The highest BCUT2D eigenvalue weighted by Gasteiger charge is 2.34. The van der Waals surface area contributed by atoms with Gasteiger partial charge in [0.2, 0.25) is 21.1 Å². The summed E-state index contributed by atoms with van der Waals surface area (Å²) in [6.07, 6.45) is 3.30. The summed E-state index contributed by atoms with van der Waals surface area (Å²) < 4.78 is 24.5.